The minimum absolute atomic E-state index is 0.0531. The molecule has 1 aliphatic rings. The Labute approximate surface area is 148 Å². The zero-order chi connectivity index (χ0) is 18.2. The third kappa shape index (κ3) is 6.10. The van der Waals surface area contributed by atoms with E-state index >= 15 is 0 Å². The molecule has 1 heterocycles. The normalized spacial score (nSPS) is 17.1. The van der Waals surface area contributed by atoms with Crippen molar-refractivity contribution in [2.45, 2.75) is 26.3 Å². The van der Waals surface area contributed by atoms with Crippen LogP contribution in [0.25, 0.3) is 0 Å². The van der Waals surface area contributed by atoms with Gasteiger partial charge in [-0.05, 0) is 37.6 Å². The molecule has 0 radical (unpaired) electrons. The molecule has 25 heavy (non-hydrogen) atoms. The van der Waals surface area contributed by atoms with Gasteiger partial charge < -0.3 is 10.6 Å². The van der Waals surface area contributed by atoms with E-state index in [0.717, 1.165) is 32.6 Å². The van der Waals surface area contributed by atoms with Crippen LogP contribution in [0.15, 0.2) is 24.3 Å². The van der Waals surface area contributed by atoms with Gasteiger partial charge in [-0.25, -0.2) is 4.39 Å². The average Bonchev–Trinajstić information content (AvgIpc) is 2.62. The quantitative estimate of drug-likeness (QED) is 0.778. The molecule has 0 unspecified atom stereocenters. The Morgan fingerprint density at radius 2 is 1.80 bits per heavy atom. The second-order valence-electron chi connectivity index (χ2n) is 6.33. The van der Waals surface area contributed by atoms with Crippen molar-refractivity contribution in [2.75, 3.05) is 44.6 Å². The van der Waals surface area contributed by atoms with Crippen molar-refractivity contribution in [3.05, 3.63) is 30.1 Å². The summed E-state index contributed by atoms with van der Waals surface area (Å²) in [7, 11) is 0. The lowest BCUT2D eigenvalue weighted by Crippen LogP contribution is -2.54. The zero-order valence-corrected chi connectivity index (χ0v) is 14.9. The number of hydrogen-bond donors (Lipinski definition) is 2. The van der Waals surface area contributed by atoms with Crippen molar-refractivity contribution in [3.8, 4) is 0 Å². The van der Waals surface area contributed by atoms with E-state index in [4.69, 9.17) is 0 Å². The highest BCUT2D eigenvalue weighted by molar-refractivity contribution is 5.94. The molecule has 1 aromatic rings. The summed E-state index contributed by atoms with van der Waals surface area (Å²) < 4.78 is 12.9. The van der Waals surface area contributed by atoms with Gasteiger partial charge in [-0.15, -0.1) is 0 Å². The van der Waals surface area contributed by atoms with Gasteiger partial charge in [-0.3, -0.25) is 19.4 Å². The Balaban J connectivity index is 1.76. The summed E-state index contributed by atoms with van der Waals surface area (Å²) in [5.74, 6) is -0.386. The Kier molecular flexibility index (Phi) is 7.33. The van der Waals surface area contributed by atoms with Crippen molar-refractivity contribution in [3.63, 3.8) is 0 Å². The van der Waals surface area contributed by atoms with Crippen LogP contribution < -0.4 is 10.6 Å². The first-order valence-corrected chi connectivity index (χ1v) is 8.79. The van der Waals surface area contributed by atoms with Crippen molar-refractivity contribution in [2.24, 2.45) is 0 Å². The number of rotatable bonds is 7. The van der Waals surface area contributed by atoms with Crippen LogP contribution in [0.5, 0.6) is 0 Å². The molecule has 1 fully saturated rings. The van der Waals surface area contributed by atoms with Gasteiger partial charge in [-0.1, -0.05) is 6.92 Å². The Hall–Kier alpha value is -1.99. The smallest absolute Gasteiger partial charge is 0.241 e. The second kappa shape index (κ2) is 9.48. The van der Waals surface area contributed by atoms with Gasteiger partial charge in [0.1, 0.15) is 5.82 Å². The fourth-order valence-electron chi connectivity index (χ4n) is 2.78. The van der Waals surface area contributed by atoms with E-state index in [-0.39, 0.29) is 23.7 Å². The maximum absolute atomic E-state index is 12.9. The molecular formula is C18H27FN4O2. The second-order valence-corrected chi connectivity index (χ2v) is 6.33. The lowest BCUT2D eigenvalue weighted by molar-refractivity contribution is -0.124. The molecule has 7 heteroatoms. The fraction of sp³-hybridized carbons (Fsp3) is 0.556. The van der Waals surface area contributed by atoms with Crippen molar-refractivity contribution < 1.29 is 14.0 Å². The fourth-order valence-corrected chi connectivity index (χ4v) is 2.78. The molecule has 0 aromatic heterocycles. The van der Waals surface area contributed by atoms with E-state index in [9.17, 15) is 14.0 Å². The highest BCUT2D eigenvalue weighted by Gasteiger charge is 2.26. The van der Waals surface area contributed by atoms with Crippen LogP contribution in [0.3, 0.4) is 0 Å². The Morgan fingerprint density at radius 3 is 2.40 bits per heavy atom. The summed E-state index contributed by atoms with van der Waals surface area (Å²) in [6, 6.07) is 5.46. The maximum Gasteiger partial charge on any atom is 0.241 e. The van der Waals surface area contributed by atoms with Gasteiger partial charge in [0, 0.05) is 38.4 Å². The van der Waals surface area contributed by atoms with Gasteiger partial charge in [0.15, 0.2) is 0 Å². The summed E-state index contributed by atoms with van der Waals surface area (Å²) in [6.07, 6.45) is 0.931. The molecule has 0 spiro atoms. The predicted octanol–water partition coefficient (Wildman–Crippen LogP) is 1.30. The summed E-state index contributed by atoms with van der Waals surface area (Å²) in [4.78, 5) is 28.3. The summed E-state index contributed by atoms with van der Waals surface area (Å²) in [5, 5.41) is 5.69. The number of carbonyl (C=O) groups is 2. The third-order valence-electron chi connectivity index (χ3n) is 4.39. The van der Waals surface area contributed by atoms with E-state index in [1.54, 1.807) is 12.1 Å². The molecule has 2 amide bonds. The summed E-state index contributed by atoms with van der Waals surface area (Å²) in [5.41, 5.74) is 0.587. The lowest BCUT2D eigenvalue weighted by atomic mass is 10.2. The minimum atomic E-state index is -0.329. The molecule has 1 aromatic carbocycles. The first-order chi connectivity index (χ1) is 12.0. The number of piperazine rings is 1. The molecule has 1 aliphatic heterocycles. The van der Waals surface area contributed by atoms with E-state index < -0.39 is 0 Å². The Bertz CT molecular complexity index is 571. The molecule has 1 saturated heterocycles. The zero-order valence-electron chi connectivity index (χ0n) is 14.9. The van der Waals surface area contributed by atoms with Crippen LogP contribution in [0.4, 0.5) is 10.1 Å². The molecule has 138 valence electrons. The number of nitrogens with one attached hydrogen (secondary N) is 2. The molecule has 0 aliphatic carbocycles. The largest absolute Gasteiger partial charge is 0.355 e. The van der Waals surface area contributed by atoms with E-state index in [1.165, 1.54) is 12.1 Å². The Morgan fingerprint density at radius 1 is 1.16 bits per heavy atom. The highest BCUT2D eigenvalue weighted by Crippen LogP contribution is 2.12. The van der Waals surface area contributed by atoms with Crippen molar-refractivity contribution >= 4 is 17.5 Å². The molecule has 0 bridgehead atoms. The van der Waals surface area contributed by atoms with Gasteiger partial charge in [0.05, 0.1) is 12.6 Å². The van der Waals surface area contributed by atoms with Crippen LogP contribution in [-0.4, -0.2) is 66.9 Å². The molecule has 6 nitrogen and oxygen atoms in total. The van der Waals surface area contributed by atoms with Crippen molar-refractivity contribution in [1.82, 2.24) is 15.1 Å². The standard InChI is InChI=1S/C18H27FN4O2/c1-3-8-20-17(24)13-22-9-11-23(12-10-22)14(2)18(25)21-16-6-4-15(19)5-7-16/h4-7,14H,3,8-13H2,1-2H3,(H,20,24)(H,21,25)/t14-/m0/s1. The van der Waals surface area contributed by atoms with Crippen LogP contribution in [-0.2, 0) is 9.59 Å². The predicted molar refractivity (Wildman–Crippen MR) is 95.8 cm³/mol. The molecule has 1 atom stereocenters. The number of amides is 2. The third-order valence-corrected chi connectivity index (χ3v) is 4.39. The van der Waals surface area contributed by atoms with Crippen LogP contribution in [0.1, 0.15) is 20.3 Å². The lowest BCUT2D eigenvalue weighted by Gasteiger charge is -2.37. The van der Waals surface area contributed by atoms with Gasteiger partial charge in [-0.2, -0.15) is 0 Å². The van der Waals surface area contributed by atoms with Crippen LogP contribution in [0.2, 0.25) is 0 Å². The van der Waals surface area contributed by atoms with Crippen LogP contribution >= 0.6 is 0 Å². The van der Waals surface area contributed by atoms with Gasteiger partial charge >= 0.3 is 0 Å². The average molecular weight is 350 g/mol. The molecule has 0 saturated carbocycles. The summed E-state index contributed by atoms with van der Waals surface area (Å²) in [6.45, 7) is 7.99. The topological polar surface area (TPSA) is 64.7 Å². The number of halogens is 1. The number of benzene rings is 1. The first kappa shape index (κ1) is 19.3. The van der Waals surface area contributed by atoms with Gasteiger partial charge in [0.25, 0.3) is 0 Å². The monoisotopic (exact) mass is 350 g/mol. The number of nitrogens with zero attached hydrogens (tertiary/aromatic N) is 2. The first-order valence-electron chi connectivity index (χ1n) is 8.79. The van der Waals surface area contributed by atoms with E-state index in [2.05, 4.69) is 20.4 Å². The SMILES string of the molecule is CCCNC(=O)CN1CCN([C@@H](C)C(=O)Nc2ccc(F)cc2)CC1. The minimum Gasteiger partial charge on any atom is -0.355 e. The van der Waals surface area contributed by atoms with Gasteiger partial charge in [0.2, 0.25) is 11.8 Å². The molecule has 2 rings (SSSR count). The molecular weight excluding hydrogens is 323 g/mol. The van der Waals surface area contributed by atoms with Crippen molar-refractivity contribution in [1.29, 1.82) is 0 Å². The number of hydrogen-bond acceptors (Lipinski definition) is 4. The number of anilines is 1. The maximum atomic E-state index is 12.9. The van der Waals surface area contributed by atoms with Crippen LogP contribution in [0, 0.1) is 5.82 Å². The highest BCUT2D eigenvalue weighted by atomic mass is 19.1. The number of carbonyl (C=O) groups excluding carboxylic acids is 2. The van der Waals surface area contributed by atoms with E-state index in [0.29, 0.717) is 18.8 Å². The summed E-state index contributed by atoms with van der Waals surface area (Å²) >= 11 is 0. The molecule has 2 N–H and O–H groups in total. The van der Waals surface area contributed by atoms with E-state index in [1.807, 2.05) is 13.8 Å².